The van der Waals surface area contributed by atoms with E-state index in [2.05, 4.69) is 5.32 Å². The number of hydrogen-bond acceptors (Lipinski definition) is 3. The standard InChI is InChI=1S/C21H27N3O2/c1-16-9-8-12-19(17(16)2)22-20(25)14-23(3)15-21(26)24(4)13-18-10-6-5-7-11-18/h5-12H,13-15H2,1-4H3,(H,22,25). The zero-order chi connectivity index (χ0) is 19.1. The maximum Gasteiger partial charge on any atom is 0.238 e. The van der Waals surface area contributed by atoms with Crippen molar-refractivity contribution in [3.63, 3.8) is 0 Å². The Kier molecular flexibility index (Phi) is 6.92. The number of aryl methyl sites for hydroxylation is 1. The normalized spacial score (nSPS) is 10.7. The van der Waals surface area contributed by atoms with Crippen molar-refractivity contribution in [1.29, 1.82) is 0 Å². The monoisotopic (exact) mass is 353 g/mol. The number of nitrogens with zero attached hydrogens (tertiary/aromatic N) is 2. The van der Waals surface area contributed by atoms with Crippen LogP contribution in [0.5, 0.6) is 0 Å². The Bertz CT molecular complexity index is 759. The molecular formula is C21H27N3O2. The van der Waals surface area contributed by atoms with Crippen LogP contribution >= 0.6 is 0 Å². The molecule has 0 radical (unpaired) electrons. The minimum Gasteiger partial charge on any atom is -0.340 e. The molecule has 138 valence electrons. The summed E-state index contributed by atoms with van der Waals surface area (Å²) in [6, 6.07) is 15.7. The first kappa shape index (κ1) is 19.7. The summed E-state index contributed by atoms with van der Waals surface area (Å²) in [7, 11) is 3.55. The number of likely N-dealkylation sites (N-methyl/N-ethyl adjacent to an activating group) is 2. The van der Waals surface area contributed by atoms with Crippen LogP contribution in [0.3, 0.4) is 0 Å². The first-order valence-electron chi connectivity index (χ1n) is 8.69. The largest absolute Gasteiger partial charge is 0.340 e. The Hall–Kier alpha value is -2.66. The summed E-state index contributed by atoms with van der Waals surface area (Å²) >= 11 is 0. The van der Waals surface area contributed by atoms with Gasteiger partial charge in [0, 0.05) is 19.3 Å². The van der Waals surface area contributed by atoms with Crippen LogP contribution in [0.2, 0.25) is 0 Å². The second-order valence-corrected chi connectivity index (χ2v) is 6.70. The first-order valence-corrected chi connectivity index (χ1v) is 8.69. The predicted molar refractivity (Wildman–Crippen MR) is 105 cm³/mol. The summed E-state index contributed by atoms with van der Waals surface area (Å²) in [5, 5.41) is 2.92. The zero-order valence-electron chi connectivity index (χ0n) is 16.0. The molecule has 0 aliphatic rings. The average molecular weight is 353 g/mol. The molecule has 2 aromatic carbocycles. The van der Waals surface area contributed by atoms with Gasteiger partial charge in [0.15, 0.2) is 0 Å². The molecule has 2 rings (SSSR count). The molecule has 0 saturated heterocycles. The quantitative estimate of drug-likeness (QED) is 0.833. The number of anilines is 1. The Morgan fingerprint density at radius 1 is 0.923 bits per heavy atom. The number of hydrogen-bond donors (Lipinski definition) is 1. The summed E-state index contributed by atoms with van der Waals surface area (Å²) in [4.78, 5) is 28.0. The topological polar surface area (TPSA) is 52.7 Å². The first-order chi connectivity index (χ1) is 12.4. The molecule has 0 aromatic heterocycles. The fraction of sp³-hybridized carbons (Fsp3) is 0.333. The molecule has 0 spiro atoms. The highest BCUT2D eigenvalue weighted by atomic mass is 16.2. The van der Waals surface area contributed by atoms with Crippen LogP contribution < -0.4 is 5.32 Å². The van der Waals surface area contributed by atoms with E-state index in [0.717, 1.165) is 22.4 Å². The predicted octanol–water partition coefficient (Wildman–Crippen LogP) is 2.83. The van der Waals surface area contributed by atoms with Gasteiger partial charge in [0.05, 0.1) is 13.1 Å². The van der Waals surface area contributed by atoms with E-state index in [1.54, 1.807) is 23.9 Å². The molecule has 0 aliphatic heterocycles. The Morgan fingerprint density at radius 3 is 2.31 bits per heavy atom. The van der Waals surface area contributed by atoms with Crippen LogP contribution in [0.25, 0.3) is 0 Å². The molecule has 0 aliphatic carbocycles. The van der Waals surface area contributed by atoms with Crippen molar-refractivity contribution in [3.05, 3.63) is 65.2 Å². The summed E-state index contributed by atoms with van der Waals surface area (Å²) in [6.45, 7) is 4.92. The summed E-state index contributed by atoms with van der Waals surface area (Å²) < 4.78 is 0. The molecule has 5 nitrogen and oxygen atoms in total. The van der Waals surface area contributed by atoms with Crippen molar-refractivity contribution < 1.29 is 9.59 Å². The van der Waals surface area contributed by atoms with E-state index in [4.69, 9.17) is 0 Å². The summed E-state index contributed by atoms with van der Waals surface area (Å²) in [5.41, 5.74) is 4.09. The van der Waals surface area contributed by atoms with E-state index in [0.29, 0.717) is 6.54 Å². The zero-order valence-corrected chi connectivity index (χ0v) is 16.0. The molecule has 0 heterocycles. The number of carbonyl (C=O) groups excluding carboxylic acids is 2. The highest BCUT2D eigenvalue weighted by Crippen LogP contribution is 2.17. The molecule has 5 heteroatoms. The van der Waals surface area contributed by atoms with Crippen molar-refractivity contribution in [2.75, 3.05) is 32.5 Å². The molecule has 0 unspecified atom stereocenters. The SMILES string of the molecule is Cc1cccc(NC(=O)CN(C)CC(=O)N(C)Cc2ccccc2)c1C. The molecule has 2 aromatic rings. The molecular weight excluding hydrogens is 326 g/mol. The number of nitrogens with one attached hydrogen (secondary N) is 1. The van der Waals surface area contributed by atoms with Gasteiger partial charge in [-0.2, -0.15) is 0 Å². The summed E-state index contributed by atoms with van der Waals surface area (Å²) in [5.74, 6) is -0.143. The number of carbonyl (C=O) groups is 2. The van der Waals surface area contributed by atoms with Crippen LogP contribution in [-0.4, -0.2) is 48.8 Å². The van der Waals surface area contributed by atoms with Crippen LogP contribution in [0.1, 0.15) is 16.7 Å². The van der Waals surface area contributed by atoms with E-state index in [9.17, 15) is 9.59 Å². The molecule has 0 atom stereocenters. The van der Waals surface area contributed by atoms with E-state index < -0.39 is 0 Å². The Morgan fingerprint density at radius 2 is 1.62 bits per heavy atom. The van der Waals surface area contributed by atoms with E-state index in [-0.39, 0.29) is 24.9 Å². The molecule has 2 amide bonds. The lowest BCUT2D eigenvalue weighted by Gasteiger charge is -2.22. The average Bonchev–Trinajstić information content (AvgIpc) is 2.59. The minimum absolute atomic E-state index is 0.0177. The third-order valence-electron chi connectivity index (χ3n) is 4.39. The van der Waals surface area contributed by atoms with Gasteiger partial charge >= 0.3 is 0 Å². The van der Waals surface area contributed by atoms with Crippen LogP contribution in [0.15, 0.2) is 48.5 Å². The third kappa shape index (κ3) is 5.70. The molecule has 26 heavy (non-hydrogen) atoms. The van der Waals surface area contributed by atoms with Gasteiger partial charge in [-0.1, -0.05) is 42.5 Å². The van der Waals surface area contributed by atoms with E-state index in [1.165, 1.54) is 0 Å². The van der Waals surface area contributed by atoms with Crippen molar-refractivity contribution in [2.45, 2.75) is 20.4 Å². The number of benzene rings is 2. The number of rotatable bonds is 7. The second kappa shape index (κ2) is 9.15. The maximum atomic E-state index is 12.3. The van der Waals surface area contributed by atoms with Crippen molar-refractivity contribution in [2.24, 2.45) is 0 Å². The Labute approximate surface area is 155 Å². The molecule has 1 N–H and O–H groups in total. The van der Waals surface area contributed by atoms with Gasteiger partial charge < -0.3 is 10.2 Å². The highest BCUT2D eigenvalue weighted by molar-refractivity contribution is 5.93. The maximum absolute atomic E-state index is 12.3. The minimum atomic E-state index is -0.125. The van der Waals surface area contributed by atoms with Crippen LogP contribution in [0.4, 0.5) is 5.69 Å². The lowest BCUT2D eigenvalue weighted by atomic mass is 10.1. The van der Waals surface area contributed by atoms with Gasteiger partial charge in [-0.05, 0) is 43.7 Å². The Balaban J connectivity index is 1.83. The van der Waals surface area contributed by atoms with Crippen molar-refractivity contribution in [3.8, 4) is 0 Å². The second-order valence-electron chi connectivity index (χ2n) is 6.70. The van der Waals surface area contributed by atoms with Crippen molar-refractivity contribution in [1.82, 2.24) is 9.80 Å². The molecule has 0 fully saturated rings. The number of amides is 2. The van der Waals surface area contributed by atoms with Gasteiger partial charge in [0.2, 0.25) is 11.8 Å². The van der Waals surface area contributed by atoms with Gasteiger partial charge in [0.25, 0.3) is 0 Å². The van der Waals surface area contributed by atoms with Crippen LogP contribution in [-0.2, 0) is 16.1 Å². The van der Waals surface area contributed by atoms with Gasteiger partial charge in [-0.15, -0.1) is 0 Å². The van der Waals surface area contributed by atoms with Crippen molar-refractivity contribution >= 4 is 17.5 Å². The van der Waals surface area contributed by atoms with Gasteiger partial charge in [-0.3, -0.25) is 14.5 Å². The van der Waals surface area contributed by atoms with Gasteiger partial charge in [0.1, 0.15) is 0 Å². The molecule has 0 bridgehead atoms. The van der Waals surface area contributed by atoms with E-state index in [1.807, 2.05) is 62.4 Å². The lowest BCUT2D eigenvalue weighted by molar-refractivity contribution is -0.131. The summed E-state index contributed by atoms with van der Waals surface area (Å²) in [6.07, 6.45) is 0. The van der Waals surface area contributed by atoms with Gasteiger partial charge in [-0.25, -0.2) is 0 Å². The third-order valence-corrected chi connectivity index (χ3v) is 4.39. The fourth-order valence-corrected chi connectivity index (χ4v) is 2.67. The van der Waals surface area contributed by atoms with Crippen LogP contribution in [0, 0.1) is 13.8 Å². The van der Waals surface area contributed by atoms with E-state index >= 15 is 0 Å². The molecule has 0 saturated carbocycles. The lowest BCUT2D eigenvalue weighted by Crippen LogP contribution is -2.39. The smallest absolute Gasteiger partial charge is 0.238 e. The fourth-order valence-electron chi connectivity index (χ4n) is 2.67. The highest BCUT2D eigenvalue weighted by Gasteiger charge is 2.15.